The molecular formula is C17H34N2. The maximum atomic E-state index is 3.80. The number of piperazine rings is 1. The van der Waals surface area contributed by atoms with E-state index in [1.54, 1.807) is 0 Å². The summed E-state index contributed by atoms with van der Waals surface area (Å²) < 4.78 is 0. The first-order valence-corrected chi connectivity index (χ1v) is 8.66. The smallest absolute Gasteiger partial charge is 0.0221 e. The van der Waals surface area contributed by atoms with E-state index in [9.17, 15) is 0 Å². The van der Waals surface area contributed by atoms with Gasteiger partial charge in [-0.25, -0.2) is 0 Å². The lowest BCUT2D eigenvalue weighted by atomic mass is 9.96. The molecule has 112 valence electrons. The maximum Gasteiger partial charge on any atom is 0.0221 e. The van der Waals surface area contributed by atoms with Crippen LogP contribution in [0.15, 0.2) is 0 Å². The van der Waals surface area contributed by atoms with Crippen LogP contribution in [0.1, 0.15) is 65.7 Å². The lowest BCUT2D eigenvalue weighted by molar-refractivity contribution is 0.0975. The Morgan fingerprint density at radius 1 is 1.21 bits per heavy atom. The summed E-state index contributed by atoms with van der Waals surface area (Å²) in [6.07, 6.45) is 9.95. The van der Waals surface area contributed by atoms with Crippen LogP contribution in [0.4, 0.5) is 0 Å². The van der Waals surface area contributed by atoms with Crippen molar-refractivity contribution in [2.24, 2.45) is 11.8 Å². The van der Waals surface area contributed by atoms with Crippen molar-refractivity contribution in [2.45, 2.75) is 77.8 Å². The van der Waals surface area contributed by atoms with Gasteiger partial charge < -0.3 is 5.32 Å². The van der Waals surface area contributed by atoms with Gasteiger partial charge in [-0.3, -0.25) is 4.90 Å². The fourth-order valence-corrected chi connectivity index (χ4v) is 4.02. The largest absolute Gasteiger partial charge is 0.311 e. The van der Waals surface area contributed by atoms with Crippen LogP contribution >= 0.6 is 0 Å². The summed E-state index contributed by atoms with van der Waals surface area (Å²) in [7, 11) is 0. The molecule has 1 aliphatic heterocycles. The summed E-state index contributed by atoms with van der Waals surface area (Å²) >= 11 is 0. The van der Waals surface area contributed by atoms with Gasteiger partial charge in [-0.15, -0.1) is 0 Å². The Labute approximate surface area is 120 Å². The first-order valence-electron chi connectivity index (χ1n) is 8.66. The standard InChI is InChI=1S/C17H34N2/c1-4-7-17-11-18-16(10-14(2)3)13-19(17)12-15-8-5-6-9-15/h14-18H,4-13H2,1-3H3. The molecule has 0 aromatic carbocycles. The van der Waals surface area contributed by atoms with Crippen LogP contribution in [0, 0.1) is 11.8 Å². The Balaban J connectivity index is 1.87. The van der Waals surface area contributed by atoms with E-state index in [4.69, 9.17) is 0 Å². The third-order valence-electron chi connectivity index (χ3n) is 4.96. The van der Waals surface area contributed by atoms with Crippen LogP contribution in [0.2, 0.25) is 0 Å². The Hall–Kier alpha value is -0.0800. The van der Waals surface area contributed by atoms with E-state index in [0.29, 0.717) is 0 Å². The van der Waals surface area contributed by atoms with Gasteiger partial charge in [-0.05, 0) is 37.5 Å². The molecule has 19 heavy (non-hydrogen) atoms. The first-order chi connectivity index (χ1) is 9.19. The van der Waals surface area contributed by atoms with E-state index in [-0.39, 0.29) is 0 Å². The van der Waals surface area contributed by atoms with Crippen LogP contribution in [0.25, 0.3) is 0 Å². The molecule has 0 aromatic heterocycles. The van der Waals surface area contributed by atoms with Crippen LogP contribution in [0.5, 0.6) is 0 Å². The zero-order valence-corrected chi connectivity index (χ0v) is 13.3. The Kier molecular flexibility index (Phi) is 6.15. The van der Waals surface area contributed by atoms with Gasteiger partial charge in [0.25, 0.3) is 0 Å². The minimum absolute atomic E-state index is 0.731. The van der Waals surface area contributed by atoms with Crippen LogP contribution < -0.4 is 5.32 Å². The zero-order chi connectivity index (χ0) is 13.7. The fraction of sp³-hybridized carbons (Fsp3) is 1.00. The molecule has 2 atom stereocenters. The molecule has 1 N–H and O–H groups in total. The maximum absolute atomic E-state index is 3.80. The number of hydrogen-bond acceptors (Lipinski definition) is 2. The molecule has 0 amide bonds. The SMILES string of the molecule is CCCC1CNC(CC(C)C)CN1CC1CCCC1. The molecule has 2 rings (SSSR count). The van der Waals surface area contributed by atoms with Gasteiger partial charge in [0.1, 0.15) is 0 Å². The second kappa shape index (κ2) is 7.64. The molecule has 0 radical (unpaired) electrons. The van der Waals surface area contributed by atoms with Gasteiger partial charge in [0.05, 0.1) is 0 Å². The fourth-order valence-electron chi connectivity index (χ4n) is 4.02. The summed E-state index contributed by atoms with van der Waals surface area (Å²) in [5.41, 5.74) is 0. The summed E-state index contributed by atoms with van der Waals surface area (Å²) in [5.74, 6) is 1.81. The third-order valence-corrected chi connectivity index (χ3v) is 4.96. The molecule has 0 bridgehead atoms. The lowest BCUT2D eigenvalue weighted by Gasteiger charge is -2.42. The molecule has 2 nitrogen and oxygen atoms in total. The van der Waals surface area contributed by atoms with Crippen molar-refractivity contribution in [1.29, 1.82) is 0 Å². The predicted molar refractivity (Wildman–Crippen MR) is 83.5 cm³/mol. The monoisotopic (exact) mass is 266 g/mol. The summed E-state index contributed by atoms with van der Waals surface area (Å²) in [6.45, 7) is 10.9. The van der Waals surface area contributed by atoms with Crippen molar-refractivity contribution < 1.29 is 0 Å². The molecule has 1 saturated heterocycles. The molecule has 2 fully saturated rings. The molecule has 0 spiro atoms. The molecule has 2 aliphatic rings. The van der Waals surface area contributed by atoms with Gasteiger partial charge in [0.2, 0.25) is 0 Å². The van der Waals surface area contributed by atoms with Crippen molar-refractivity contribution >= 4 is 0 Å². The van der Waals surface area contributed by atoms with E-state index in [0.717, 1.165) is 23.9 Å². The molecule has 1 heterocycles. The van der Waals surface area contributed by atoms with Crippen molar-refractivity contribution in [3.63, 3.8) is 0 Å². The van der Waals surface area contributed by atoms with Gasteiger partial charge >= 0.3 is 0 Å². The highest BCUT2D eigenvalue weighted by Crippen LogP contribution is 2.27. The van der Waals surface area contributed by atoms with Crippen molar-refractivity contribution in [1.82, 2.24) is 10.2 Å². The molecule has 2 unspecified atom stereocenters. The normalized spacial score (nSPS) is 30.3. The average molecular weight is 266 g/mol. The molecular weight excluding hydrogens is 232 g/mol. The minimum Gasteiger partial charge on any atom is -0.311 e. The second-order valence-corrected chi connectivity index (χ2v) is 7.28. The number of nitrogens with one attached hydrogen (secondary N) is 1. The van der Waals surface area contributed by atoms with Crippen molar-refractivity contribution in [3.05, 3.63) is 0 Å². The Morgan fingerprint density at radius 2 is 1.95 bits per heavy atom. The van der Waals surface area contributed by atoms with Gasteiger partial charge in [-0.1, -0.05) is 40.0 Å². The van der Waals surface area contributed by atoms with E-state index in [1.807, 2.05) is 0 Å². The van der Waals surface area contributed by atoms with Crippen LogP contribution in [-0.2, 0) is 0 Å². The van der Waals surface area contributed by atoms with Crippen molar-refractivity contribution in [2.75, 3.05) is 19.6 Å². The molecule has 1 saturated carbocycles. The third kappa shape index (κ3) is 4.75. The molecule has 0 aromatic rings. The van der Waals surface area contributed by atoms with E-state index in [2.05, 4.69) is 31.0 Å². The molecule has 2 heteroatoms. The highest BCUT2D eigenvalue weighted by molar-refractivity contribution is 4.88. The summed E-state index contributed by atoms with van der Waals surface area (Å²) in [6, 6.07) is 1.53. The number of rotatable bonds is 6. The number of hydrogen-bond donors (Lipinski definition) is 1. The first kappa shape index (κ1) is 15.3. The minimum atomic E-state index is 0.731. The van der Waals surface area contributed by atoms with Gasteiger partial charge in [0, 0.05) is 31.7 Å². The lowest BCUT2D eigenvalue weighted by Crippen LogP contribution is -2.57. The zero-order valence-electron chi connectivity index (χ0n) is 13.3. The van der Waals surface area contributed by atoms with E-state index >= 15 is 0 Å². The van der Waals surface area contributed by atoms with E-state index in [1.165, 1.54) is 64.6 Å². The highest BCUT2D eigenvalue weighted by atomic mass is 15.2. The average Bonchev–Trinajstić information content (AvgIpc) is 2.85. The summed E-state index contributed by atoms with van der Waals surface area (Å²) in [5, 5.41) is 3.80. The van der Waals surface area contributed by atoms with Crippen LogP contribution in [0.3, 0.4) is 0 Å². The topological polar surface area (TPSA) is 15.3 Å². The van der Waals surface area contributed by atoms with Crippen LogP contribution in [-0.4, -0.2) is 36.6 Å². The Bertz CT molecular complexity index is 246. The quantitative estimate of drug-likeness (QED) is 0.789. The van der Waals surface area contributed by atoms with Gasteiger partial charge in [-0.2, -0.15) is 0 Å². The van der Waals surface area contributed by atoms with E-state index < -0.39 is 0 Å². The van der Waals surface area contributed by atoms with Gasteiger partial charge in [0.15, 0.2) is 0 Å². The van der Waals surface area contributed by atoms with Crippen molar-refractivity contribution in [3.8, 4) is 0 Å². The second-order valence-electron chi connectivity index (χ2n) is 7.28. The molecule has 1 aliphatic carbocycles. The Morgan fingerprint density at radius 3 is 2.58 bits per heavy atom. The predicted octanol–water partition coefficient (Wildman–Crippen LogP) is 3.67. The highest BCUT2D eigenvalue weighted by Gasteiger charge is 2.29. The summed E-state index contributed by atoms with van der Waals surface area (Å²) in [4.78, 5) is 2.84. The number of nitrogens with zero attached hydrogens (tertiary/aromatic N) is 1.